The van der Waals surface area contributed by atoms with Gasteiger partial charge in [0, 0.05) is 18.5 Å². The zero-order valence-corrected chi connectivity index (χ0v) is 13.7. The van der Waals surface area contributed by atoms with Crippen molar-refractivity contribution in [3.8, 4) is 11.3 Å². The van der Waals surface area contributed by atoms with Crippen molar-refractivity contribution in [1.82, 2.24) is 9.55 Å². The summed E-state index contributed by atoms with van der Waals surface area (Å²) < 4.78 is 2.13. The Morgan fingerprint density at radius 3 is 2.33 bits per heavy atom. The first kappa shape index (κ1) is 15.6. The maximum absolute atomic E-state index is 6.30. The first-order valence-corrected chi connectivity index (χ1v) is 8.00. The maximum atomic E-state index is 6.30. The SMILES string of the molecule is CCCc1nc(-c2ccc(CC(C)C)cc2)c(N)n1CC. The smallest absolute Gasteiger partial charge is 0.131 e. The van der Waals surface area contributed by atoms with Gasteiger partial charge in [0.05, 0.1) is 0 Å². The first-order chi connectivity index (χ1) is 10.1. The Balaban J connectivity index is 2.33. The fourth-order valence-corrected chi connectivity index (χ4v) is 2.76. The number of aryl methyl sites for hydroxylation is 1. The van der Waals surface area contributed by atoms with Crippen molar-refractivity contribution in [3.63, 3.8) is 0 Å². The normalized spacial score (nSPS) is 11.3. The summed E-state index contributed by atoms with van der Waals surface area (Å²) in [6.07, 6.45) is 3.17. The van der Waals surface area contributed by atoms with Gasteiger partial charge in [0.1, 0.15) is 17.3 Å². The van der Waals surface area contributed by atoms with E-state index in [0.29, 0.717) is 5.92 Å². The van der Waals surface area contributed by atoms with Gasteiger partial charge in [-0.3, -0.25) is 0 Å². The third-order valence-electron chi connectivity index (χ3n) is 3.75. The molecule has 1 aromatic heterocycles. The highest BCUT2D eigenvalue weighted by Crippen LogP contribution is 2.27. The predicted molar refractivity (Wildman–Crippen MR) is 90.3 cm³/mol. The molecule has 0 aliphatic rings. The first-order valence-electron chi connectivity index (χ1n) is 8.00. The standard InChI is InChI=1S/C18H27N3/c1-5-7-16-20-17(18(19)21(16)6-2)15-10-8-14(9-11-15)12-13(3)4/h8-11,13H,5-7,12,19H2,1-4H3. The molecule has 3 nitrogen and oxygen atoms in total. The van der Waals surface area contributed by atoms with E-state index in [0.717, 1.165) is 48.7 Å². The molecule has 2 rings (SSSR count). The molecule has 0 spiro atoms. The quantitative estimate of drug-likeness (QED) is 0.859. The molecule has 2 aromatic rings. The molecule has 0 atom stereocenters. The van der Waals surface area contributed by atoms with Crippen molar-refractivity contribution in [3.05, 3.63) is 35.7 Å². The van der Waals surface area contributed by atoms with E-state index in [1.54, 1.807) is 0 Å². The van der Waals surface area contributed by atoms with Crippen LogP contribution in [0.2, 0.25) is 0 Å². The van der Waals surface area contributed by atoms with Gasteiger partial charge in [0.25, 0.3) is 0 Å². The molecule has 0 radical (unpaired) electrons. The summed E-state index contributed by atoms with van der Waals surface area (Å²) in [4.78, 5) is 4.77. The highest BCUT2D eigenvalue weighted by atomic mass is 15.1. The van der Waals surface area contributed by atoms with Crippen molar-refractivity contribution >= 4 is 5.82 Å². The highest BCUT2D eigenvalue weighted by molar-refractivity contribution is 5.71. The summed E-state index contributed by atoms with van der Waals surface area (Å²) in [6, 6.07) is 8.68. The van der Waals surface area contributed by atoms with Gasteiger partial charge in [-0.25, -0.2) is 4.98 Å². The minimum atomic E-state index is 0.677. The van der Waals surface area contributed by atoms with Crippen LogP contribution in [-0.2, 0) is 19.4 Å². The van der Waals surface area contributed by atoms with E-state index in [9.17, 15) is 0 Å². The van der Waals surface area contributed by atoms with Crippen LogP contribution < -0.4 is 5.73 Å². The van der Waals surface area contributed by atoms with Crippen molar-refractivity contribution in [2.24, 2.45) is 5.92 Å². The van der Waals surface area contributed by atoms with Crippen LogP contribution in [0, 0.1) is 5.92 Å². The zero-order chi connectivity index (χ0) is 15.4. The van der Waals surface area contributed by atoms with Crippen molar-refractivity contribution in [2.75, 3.05) is 5.73 Å². The molecule has 0 unspecified atom stereocenters. The van der Waals surface area contributed by atoms with Crippen LogP contribution in [0.15, 0.2) is 24.3 Å². The van der Waals surface area contributed by atoms with Gasteiger partial charge >= 0.3 is 0 Å². The van der Waals surface area contributed by atoms with Crippen LogP contribution in [-0.4, -0.2) is 9.55 Å². The molecule has 21 heavy (non-hydrogen) atoms. The third-order valence-corrected chi connectivity index (χ3v) is 3.75. The summed E-state index contributed by atoms with van der Waals surface area (Å²) in [6.45, 7) is 9.65. The second-order valence-electron chi connectivity index (χ2n) is 6.05. The lowest BCUT2D eigenvalue weighted by Gasteiger charge is -2.07. The van der Waals surface area contributed by atoms with Gasteiger partial charge in [0.2, 0.25) is 0 Å². The van der Waals surface area contributed by atoms with Crippen molar-refractivity contribution < 1.29 is 0 Å². The van der Waals surface area contributed by atoms with E-state index < -0.39 is 0 Å². The average Bonchev–Trinajstić information content (AvgIpc) is 2.76. The average molecular weight is 285 g/mol. The van der Waals surface area contributed by atoms with Crippen LogP contribution in [0.5, 0.6) is 0 Å². The topological polar surface area (TPSA) is 43.8 Å². The fraction of sp³-hybridized carbons (Fsp3) is 0.500. The molecule has 114 valence electrons. The van der Waals surface area contributed by atoms with Crippen LogP contribution >= 0.6 is 0 Å². The summed E-state index contributed by atoms with van der Waals surface area (Å²) in [5.41, 5.74) is 9.71. The Morgan fingerprint density at radius 1 is 1.14 bits per heavy atom. The summed E-state index contributed by atoms with van der Waals surface area (Å²) in [5, 5.41) is 0. The molecule has 0 saturated carbocycles. The Labute approximate surface area is 128 Å². The molecule has 0 aliphatic heterocycles. The third kappa shape index (κ3) is 3.46. The van der Waals surface area contributed by atoms with E-state index in [1.807, 2.05) is 0 Å². The fourth-order valence-electron chi connectivity index (χ4n) is 2.76. The van der Waals surface area contributed by atoms with Crippen LogP contribution in [0.1, 0.15) is 45.5 Å². The number of anilines is 1. The minimum Gasteiger partial charge on any atom is -0.383 e. The molecule has 3 heteroatoms. The number of rotatable bonds is 6. The molecule has 0 fully saturated rings. The Morgan fingerprint density at radius 2 is 1.81 bits per heavy atom. The van der Waals surface area contributed by atoms with Gasteiger partial charge in [-0.1, -0.05) is 45.0 Å². The van der Waals surface area contributed by atoms with Crippen LogP contribution in [0.25, 0.3) is 11.3 Å². The number of benzene rings is 1. The molecule has 1 heterocycles. The largest absolute Gasteiger partial charge is 0.383 e. The maximum Gasteiger partial charge on any atom is 0.131 e. The van der Waals surface area contributed by atoms with E-state index in [-0.39, 0.29) is 0 Å². The van der Waals surface area contributed by atoms with Crippen molar-refractivity contribution in [1.29, 1.82) is 0 Å². The lowest BCUT2D eigenvalue weighted by Crippen LogP contribution is -2.05. The van der Waals surface area contributed by atoms with Gasteiger partial charge in [-0.05, 0) is 31.2 Å². The molecular formula is C18H27N3. The monoisotopic (exact) mass is 285 g/mol. The summed E-state index contributed by atoms with van der Waals surface area (Å²) in [5.74, 6) is 2.56. The number of hydrogen-bond donors (Lipinski definition) is 1. The lowest BCUT2D eigenvalue weighted by atomic mass is 10.0. The Hall–Kier alpha value is -1.77. The molecule has 0 saturated heterocycles. The predicted octanol–water partition coefficient (Wildman–Crippen LogP) is 4.30. The van der Waals surface area contributed by atoms with Crippen molar-refractivity contribution in [2.45, 2.75) is 53.5 Å². The molecule has 0 aliphatic carbocycles. The molecule has 1 aromatic carbocycles. The number of nitrogen functional groups attached to an aromatic ring is 1. The van der Waals surface area contributed by atoms with Gasteiger partial charge in [0.15, 0.2) is 0 Å². The lowest BCUT2D eigenvalue weighted by molar-refractivity contribution is 0.647. The zero-order valence-electron chi connectivity index (χ0n) is 13.7. The van der Waals surface area contributed by atoms with E-state index in [2.05, 4.69) is 56.5 Å². The van der Waals surface area contributed by atoms with Gasteiger partial charge in [-0.2, -0.15) is 0 Å². The Bertz CT molecular complexity index is 579. The Kier molecular flexibility index (Phi) is 5.05. The molecule has 0 amide bonds. The van der Waals surface area contributed by atoms with Crippen LogP contribution in [0.3, 0.4) is 0 Å². The second kappa shape index (κ2) is 6.79. The van der Waals surface area contributed by atoms with Gasteiger partial charge < -0.3 is 10.3 Å². The van der Waals surface area contributed by atoms with Crippen LogP contribution in [0.4, 0.5) is 5.82 Å². The second-order valence-corrected chi connectivity index (χ2v) is 6.05. The number of nitrogens with zero attached hydrogens (tertiary/aromatic N) is 2. The molecule has 2 N–H and O–H groups in total. The molecular weight excluding hydrogens is 258 g/mol. The molecule has 0 bridgehead atoms. The van der Waals surface area contributed by atoms with E-state index >= 15 is 0 Å². The number of aromatic nitrogens is 2. The van der Waals surface area contributed by atoms with Gasteiger partial charge in [-0.15, -0.1) is 0 Å². The summed E-state index contributed by atoms with van der Waals surface area (Å²) >= 11 is 0. The highest BCUT2D eigenvalue weighted by Gasteiger charge is 2.14. The summed E-state index contributed by atoms with van der Waals surface area (Å²) in [7, 11) is 0. The minimum absolute atomic E-state index is 0.677. The number of hydrogen-bond acceptors (Lipinski definition) is 2. The van der Waals surface area contributed by atoms with E-state index in [4.69, 9.17) is 10.7 Å². The van der Waals surface area contributed by atoms with E-state index in [1.165, 1.54) is 5.56 Å². The number of imidazole rings is 1. The number of nitrogens with two attached hydrogens (primary N) is 1.